The zero-order valence-corrected chi connectivity index (χ0v) is 13.9. The number of pyridine rings is 1. The first-order valence-corrected chi connectivity index (χ1v) is 7.71. The van der Waals surface area contributed by atoms with Crippen LogP contribution in [0.3, 0.4) is 0 Å². The van der Waals surface area contributed by atoms with Crippen LogP contribution < -0.4 is 15.8 Å². The van der Waals surface area contributed by atoms with Gasteiger partial charge < -0.3 is 15.8 Å². The molecule has 3 aromatic rings. The largest absolute Gasteiger partial charge is 0.494 e. The van der Waals surface area contributed by atoms with E-state index >= 15 is 0 Å². The Kier molecular flexibility index (Phi) is 5.14. The number of nitrogens with one attached hydrogen (secondary N) is 1. The first kappa shape index (κ1) is 17.4. The summed E-state index contributed by atoms with van der Waals surface area (Å²) in [6.45, 7) is 0. The minimum atomic E-state index is -0.881. The van der Waals surface area contributed by atoms with Gasteiger partial charge in [-0.25, -0.2) is 14.4 Å². The molecule has 0 radical (unpaired) electrons. The van der Waals surface area contributed by atoms with Crippen LogP contribution in [-0.2, 0) is 4.79 Å². The zero-order valence-electron chi connectivity index (χ0n) is 13.9. The van der Waals surface area contributed by atoms with Gasteiger partial charge in [0.25, 0.3) is 0 Å². The molecule has 1 unspecified atom stereocenters. The molecule has 1 atom stereocenters. The number of ether oxygens (including phenoxy) is 1. The molecule has 2 aromatic heterocycles. The van der Waals surface area contributed by atoms with Crippen molar-refractivity contribution in [1.82, 2.24) is 15.0 Å². The van der Waals surface area contributed by atoms with Gasteiger partial charge in [-0.05, 0) is 29.8 Å². The number of amides is 1. The van der Waals surface area contributed by atoms with Gasteiger partial charge in [0.2, 0.25) is 5.91 Å². The molecule has 3 N–H and O–H groups in total. The van der Waals surface area contributed by atoms with Crippen molar-refractivity contribution >= 4 is 11.7 Å². The Labute approximate surface area is 149 Å². The molecule has 1 amide bonds. The van der Waals surface area contributed by atoms with E-state index in [1.807, 2.05) is 0 Å². The predicted octanol–water partition coefficient (Wildman–Crippen LogP) is 2.32. The lowest BCUT2D eigenvalue weighted by atomic mass is 10.1. The third-order valence-corrected chi connectivity index (χ3v) is 3.69. The molecule has 0 spiro atoms. The predicted molar refractivity (Wildman–Crippen MR) is 93.8 cm³/mol. The lowest BCUT2D eigenvalue weighted by Crippen LogP contribution is -2.28. The quantitative estimate of drug-likeness (QED) is 0.730. The Morgan fingerprint density at radius 3 is 2.85 bits per heavy atom. The van der Waals surface area contributed by atoms with E-state index in [-0.39, 0.29) is 11.6 Å². The van der Waals surface area contributed by atoms with E-state index in [1.165, 1.54) is 31.8 Å². The van der Waals surface area contributed by atoms with Crippen LogP contribution in [0.5, 0.6) is 5.75 Å². The number of halogens is 1. The molecular weight excluding hydrogens is 337 g/mol. The van der Waals surface area contributed by atoms with Crippen molar-refractivity contribution in [3.63, 3.8) is 0 Å². The number of carbonyl (C=O) groups is 1. The third kappa shape index (κ3) is 3.81. The lowest BCUT2D eigenvalue weighted by molar-refractivity contribution is -0.117. The average molecular weight is 353 g/mol. The second-order valence-electron chi connectivity index (χ2n) is 5.39. The fourth-order valence-electron chi connectivity index (χ4n) is 2.32. The molecule has 8 heteroatoms. The maximum Gasteiger partial charge on any atom is 0.247 e. The van der Waals surface area contributed by atoms with Crippen molar-refractivity contribution in [1.29, 1.82) is 0 Å². The second kappa shape index (κ2) is 7.66. The van der Waals surface area contributed by atoms with Gasteiger partial charge in [0.1, 0.15) is 18.2 Å². The fourth-order valence-corrected chi connectivity index (χ4v) is 2.32. The topological polar surface area (TPSA) is 103 Å². The van der Waals surface area contributed by atoms with Crippen LogP contribution in [0.4, 0.5) is 10.2 Å². The van der Waals surface area contributed by atoms with Gasteiger partial charge in [0.05, 0.1) is 12.8 Å². The Balaban J connectivity index is 1.80. The molecule has 1 aromatic carbocycles. The van der Waals surface area contributed by atoms with Crippen LogP contribution in [0.2, 0.25) is 0 Å². The van der Waals surface area contributed by atoms with Gasteiger partial charge in [-0.15, -0.1) is 0 Å². The van der Waals surface area contributed by atoms with E-state index in [9.17, 15) is 9.18 Å². The number of rotatable bonds is 5. The summed E-state index contributed by atoms with van der Waals surface area (Å²) >= 11 is 0. The lowest BCUT2D eigenvalue weighted by Gasteiger charge is -2.12. The van der Waals surface area contributed by atoms with E-state index in [2.05, 4.69) is 20.3 Å². The van der Waals surface area contributed by atoms with Crippen molar-refractivity contribution in [2.24, 2.45) is 5.73 Å². The van der Waals surface area contributed by atoms with Crippen LogP contribution in [0.15, 0.2) is 55.1 Å². The van der Waals surface area contributed by atoms with E-state index in [1.54, 1.807) is 30.5 Å². The third-order valence-electron chi connectivity index (χ3n) is 3.69. The van der Waals surface area contributed by atoms with Gasteiger partial charge in [0.15, 0.2) is 11.6 Å². The highest BCUT2D eigenvalue weighted by molar-refractivity contribution is 5.94. The number of nitrogens with zero attached hydrogens (tertiary/aromatic N) is 3. The smallest absolute Gasteiger partial charge is 0.247 e. The van der Waals surface area contributed by atoms with Crippen LogP contribution >= 0.6 is 0 Å². The summed E-state index contributed by atoms with van der Waals surface area (Å²) in [5.41, 5.74) is 7.65. The first-order valence-electron chi connectivity index (χ1n) is 7.71. The maximum absolute atomic E-state index is 13.6. The Bertz CT molecular complexity index is 920. The van der Waals surface area contributed by atoms with E-state index in [0.717, 1.165) is 0 Å². The summed E-state index contributed by atoms with van der Waals surface area (Å²) < 4.78 is 18.5. The molecule has 3 rings (SSSR count). The van der Waals surface area contributed by atoms with E-state index < -0.39 is 17.8 Å². The van der Waals surface area contributed by atoms with Crippen molar-refractivity contribution in [2.45, 2.75) is 6.04 Å². The zero-order chi connectivity index (χ0) is 18.5. The summed E-state index contributed by atoms with van der Waals surface area (Å²) in [5, 5.41) is 2.64. The molecule has 0 bridgehead atoms. The van der Waals surface area contributed by atoms with Crippen LogP contribution in [0.25, 0.3) is 11.3 Å². The fraction of sp³-hybridized carbons (Fsp3) is 0.111. The number of aromatic nitrogens is 3. The molecule has 0 fully saturated rings. The maximum atomic E-state index is 13.6. The Morgan fingerprint density at radius 2 is 2.12 bits per heavy atom. The van der Waals surface area contributed by atoms with Gasteiger partial charge in [-0.1, -0.05) is 6.07 Å². The normalized spacial score (nSPS) is 11.7. The number of nitrogens with two attached hydrogens (primary N) is 1. The van der Waals surface area contributed by atoms with Crippen molar-refractivity contribution in [3.8, 4) is 17.0 Å². The number of methoxy groups -OCH3 is 1. The summed E-state index contributed by atoms with van der Waals surface area (Å²) in [6.07, 6.45) is 4.43. The minimum Gasteiger partial charge on any atom is -0.494 e. The molecule has 2 heterocycles. The van der Waals surface area contributed by atoms with Crippen LogP contribution in [0.1, 0.15) is 11.6 Å². The van der Waals surface area contributed by atoms with Gasteiger partial charge in [0, 0.05) is 24.0 Å². The molecule has 7 nitrogen and oxygen atoms in total. The summed E-state index contributed by atoms with van der Waals surface area (Å²) in [7, 11) is 1.38. The standard InChI is InChI=1S/C18H16FN5O2/c1-26-15-7-11(4-5-13(15)19)14-8-16(23-10-22-14)24-18(25)17(20)12-3-2-6-21-9-12/h2-10,17H,20H2,1H3,(H,22,23,24,25). The highest BCUT2D eigenvalue weighted by atomic mass is 19.1. The average Bonchev–Trinajstić information content (AvgIpc) is 2.68. The van der Waals surface area contributed by atoms with Gasteiger partial charge >= 0.3 is 0 Å². The van der Waals surface area contributed by atoms with Crippen molar-refractivity contribution in [3.05, 3.63) is 66.5 Å². The summed E-state index contributed by atoms with van der Waals surface area (Å²) in [6, 6.07) is 8.47. The minimum absolute atomic E-state index is 0.102. The van der Waals surface area contributed by atoms with Crippen molar-refractivity contribution < 1.29 is 13.9 Å². The Hall–Kier alpha value is -3.39. The second-order valence-corrected chi connectivity index (χ2v) is 5.39. The number of hydrogen-bond donors (Lipinski definition) is 2. The number of hydrogen-bond acceptors (Lipinski definition) is 6. The molecule has 26 heavy (non-hydrogen) atoms. The molecule has 132 valence electrons. The van der Waals surface area contributed by atoms with Crippen molar-refractivity contribution in [2.75, 3.05) is 12.4 Å². The molecule has 0 aliphatic rings. The highest BCUT2D eigenvalue weighted by Gasteiger charge is 2.17. The number of carbonyl (C=O) groups excluding carboxylic acids is 1. The summed E-state index contributed by atoms with van der Waals surface area (Å²) in [4.78, 5) is 24.4. The molecular formula is C18H16FN5O2. The van der Waals surface area contributed by atoms with Gasteiger partial charge in [-0.3, -0.25) is 9.78 Å². The monoisotopic (exact) mass is 353 g/mol. The molecule has 0 saturated carbocycles. The van der Waals surface area contributed by atoms with Crippen LogP contribution in [-0.4, -0.2) is 28.0 Å². The number of anilines is 1. The van der Waals surface area contributed by atoms with Gasteiger partial charge in [-0.2, -0.15) is 0 Å². The SMILES string of the molecule is COc1cc(-c2cc(NC(=O)C(N)c3cccnc3)ncn2)ccc1F. The number of benzene rings is 1. The van der Waals surface area contributed by atoms with E-state index in [4.69, 9.17) is 10.5 Å². The van der Waals surface area contributed by atoms with E-state index in [0.29, 0.717) is 16.8 Å². The summed E-state index contributed by atoms with van der Waals surface area (Å²) in [5.74, 6) is -0.520. The Morgan fingerprint density at radius 1 is 1.27 bits per heavy atom. The molecule has 0 aliphatic carbocycles. The molecule has 0 aliphatic heterocycles. The molecule has 0 saturated heterocycles. The first-order chi connectivity index (χ1) is 12.6. The highest BCUT2D eigenvalue weighted by Crippen LogP contribution is 2.26. The van der Waals surface area contributed by atoms with Crippen LogP contribution in [0, 0.1) is 5.82 Å².